The van der Waals surface area contributed by atoms with Crippen LogP contribution in [0.3, 0.4) is 0 Å². The minimum Gasteiger partial charge on any atom is -0.507 e. The summed E-state index contributed by atoms with van der Waals surface area (Å²) in [4.78, 5) is 14.3. The van der Waals surface area contributed by atoms with Crippen LogP contribution >= 0.6 is 0 Å². The van der Waals surface area contributed by atoms with Crippen molar-refractivity contribution in [1.29, 1.82) is 0 Å². The lowest BCUT2D eigenvalue weighted by Crippen LogP contribution is -2.00. The van der Waals surface area contributed by atoms with Crippen LogP contribution in [-0.4, -0.2) is 30.9 Å². The Kier molecular flexibility index (Phi) is 2.31. The van der Waals surface area contributed by atoms with Crippen molar-refractivity contribution in [3.05, 3.63) is 36.0 Å². The minimum atomic E-state index is -1.04. The fourth-order valence-electron chi connectivity index (χ4n) is 2.18. The largest absolute Gasteiger partial charge is 0.507 e. The summed E-state index contributed by atoms with van der Waals surface area (Å²) in [6.45, 7) is 0. The molecular weight excluding hydrogens is 246 g/mol. The summed E-state index contributed by atoms with van der Waals surface area (Å²) in [6, 6.07) is 6.84. The number of H-pyrrole nitrogens is 1. The molecule has 0 radical (unpaired) electrons. The minimum absolute atomic E-state index is 0.119. The third-order valence-corrected chi connectivity index (χ3v) is 3.07. The van der Waals surface area contributed by atoms with E-state index < -0.39 is 5.97 Å². The van der Waals surface area contributed by atoms with Crippen molar-refractivity contribution in [1.82, 2.24) is 14.8 Å². The molecule has 96 valence electrons. The topological polar surface area (TPSA) is 91.1 Å². The Hall–Kier alpha value is -2.76. The molecule has 0 fully saturated rings. The Bertz CT molecular complexity index is 786. The molecule has 0 saturated heterocycles. The first-order chi connectivity index (χ1) is 9.08. The molecule has 0 spiro atoms. The van der Waals surface area contributed by atoms with E-state index in [2.05, 4.69) is 10.1 Å². The molecule has 19 heavy (non-hydrogen) atoms. The molecule has 3 rings (SSSR count). The average molecular weight is 257 g/mol. The van der Waals surface area contributed by atoms with Crippen molar-refractivity contribution in [2.24, 2.45) is 7.05 Å². The molecule has 2 aromatic heterocycles. The zero-order valence-corrected chi connectivity index (χ0v) is 10.1. The van der Waals surface area contributed by atoms with Crippen LogP contribution in [0.5, 0.6) is 5.75 Å². The number of aryl methyl sites for hydroxylation is 1. The summed E-state index contributed by atoms with van der Waals surface area (Å²) in [6.07, 6.45) is 1.31. The number of rotatable bonds is 2. The van der Waals surface area contributed by atoms with Crippen LogP contribution in [0.15, 0.2) is 30.5 Å². The van der Waals surface area contributed by atoms with Gasteiger partial charge < -0.3 is 15.2 Å². The first kappa shape index (κ1) is 11.3. The molecule has 0 bridgehead atoms. The van der Waals surface area contributed by atoms with Gasteiger partial charge in [0.2, 0.25) is 0 Å². The number of hydrogen-bond donors (Lipinski definition) is 3. The molecule has 6 heteroatoms. The van der Waals surface area contributed by atoms with Gasteiger partial charge in [0.25, 0.3) is 0 Å². The van der Waals surface area contributed by atoms with Crippen LogP contribution in [-0.2, 0) is 7.05 Å². The highest BCUT2D eigenvalue weighted by atomic mass is 16.4. The molecule has 2 heterocycles. The van der Waals surface area contributed by atoms with Crippen LogP contribution in [0.4, 0.5) is 0 Å². The molecule has 0 aliphatic heterocycles. The summed E-state index contributed by atoms with van der Waals surface area (Å²) in [5.41, 5.74) is 1.94. The number of fused-ring (bicyclic) bond motifs is 1. The van der Waals surface area contributed by atoms with Crippen LogP contribution in [0, 0.1) is 0 Å². The quantitative estimate of drug-likeness (QED) is 0.654. The van der Waals surface area contributed by atoms with Gasteiger partial charge in [0.15, 0.2) is 0 Å². The van der Waals surface area contributed by atoms with E-state index in [1.165, 1.54) is 10.9 Å². The van der Waals surface area contributed by atoms with Crippen molar-refractivity contribution in [2.45, 2.75) is 0 Å². The number of aromatic carboxylic acids is 1. The molecule has 0 aliphatic rings. The third-order valence-electron chi connectivity index (χ3n) is 3.07. The van der Waals surface area contributed by atoms with Gasteiger partial charge in [-0.3, -0.25) is 4.68 Å². The van der Waals surface area contributed by atoms with E-state index >= 15 is 0 Å². The fraction of sp³-hybridized carbons (Fsp3) is 0.0769. The van der Waals surface area contributed by atoms with Gasteiger partial charge in [-0.1, -0.05) is 6.07 Å². The van der Waals surface area contributed by atoms with Crippen molar-refractivity contribution < 1.29 is 15.0 Å². The molecule has 0 atom stereocenters. The number of aromatic hydroxyl groups is 1. The Labute approximate surface area is 107 Å². The molecule has 0 saturated carbocycles. The molecule has 1 aromatic carbocycles. The molecule has 0 amide bonds. The molecule has 3 aromatic rings. The smallest absolute Gasteiger partial charge is 0.339 e. The second kappa shape index (κ2) is 3.88. The van der Waals surface area contributed by atoms with E-state index in [1.54, 1.807) is 25.2 Å². The SMILES string of the molecule is Cn1ncc(C(=O)O)c1-c1cc2c(O)cccc2[nH]1. The lowest BCUT2D eigenvalue weighted by atomic mass is 10.2. The van der Waals surface area contributed by atoms with Gasteiger partial charge in [0.05, 0.1) is 17.6 Å². The summed E-state index contributed by atoms with van der Waals surface area (Å²) in [7, 11) is 1.67. The maximum absolute atomic E-state index is 11.2. The second-order valence-corrected chi connectivity index (χ2v) is 4.26. The number of carboxylic acid groups (broad SMARTS) is 1. The molecule has 3 N–H and O–H groups in total. The number of phenolic OH excluding ortho intramolecular Hbond substituents is 1. The number of carboxylic acids is 1. The van der Waals surface area contributed by atoms with E-state index in [4.69, 9.17) is 5.11 Å². The van der Waals surface area contributed by atoms with Crippen molar-refractivity contribution in [2.75, 3.05) is 0 Å². The second-order valence-electron chi connectivity index (χ2n) is 4.26. The van der Waals surface area contributed by atoms with Crippen molar-refractivity contribution >= 4 is 16.9 Å². The summed E-state index contributed by atoms with van der Waals surface area (Å²) in [5, 5.41) is 23.5. The third kappa shape index (κ3) is 1.65. The predicted octanol–water partition coefficient (Wildman–Crippen LogP) is 1.97. The highest BCUT2D eigenvalue weighted by Crippen LogP contribution is 2.30. The van der Waals surface area contributed by atoms with Gasteiger partial charge in [-0.2, -0.15) is 5.10 Å². The molecule has 6 nitrogen and oxygen atoms in total. The standard InChI is InChI=1S/C13H11N3O3/c1-16-12(8(6-14-16)13(18)19)10-5-7-9(15-10)3-2-4-11(7)17/h2-6,15,17H,1H3,(H,18,19). The van der Waals surface area contributed by atoms with E-state index in [9.17, 15) is 9.90 Å². The number of carbonyl (C=O) groups is 1. The van der Waals surface area contributed by atoms with Crippen LogP contribution < -0.4 is 0 Å². The number of aromatic amines is 1. The monoisotopic (exact) mass is 257 g/mol. The van der Waals surface area contributed by atoms with Gasteiger partial charge in [-0.15, -0.1) is 0 Å². The molecule has 0 aliphatic carbocycles. The average Bonchev–Trinajstić information content (AvgIpc) is 2.92. The Balaban J connectivity index is 2.28. The van der Waals surface area contributed by atoms with Crippen LogP contribution in [0.1, 0.15) is 10.4 Å². The van der Waals surface area contributed by atoms with Gasteiger partial charge >= 0.3 is 5.97 Å². The van der Waals surface area contributed by atoms with Gasteiger partial charge in [0.1, 0.15) is 11.3 Å². The Morgan fingerprint density at radius 3 is 2.89 bits per heavy atom. The van der Waals surface area contributed by atoms with Crippen molar-refractivity contribution in [3.8, 4) is 17.1 Å². The van der Waals surface area contributed by atoms with E-state index in [1.807, 2.05) is 6.07 Å². The normalized spacial score (nSPS) is 11.0. The van der Waals surface area contributed by atoms with E-state index in [-0.39, 0.29) is 11.3 Å². The van der Waals surface area contributed by atoms with Gasteiger partial charge in [-0.05, 0) is 18.2 Å². The van der Waals surface area contributed by atoms with E-state index in [0.717, 1.165) is 5.52 Å². The van der Waals surface area contributed by atoms with E-state index in [0.29, 0.717) is 16.8 Å². The maximum Gasteiger partial charge on any atom is 0.339 e. The lowest BCUT2D eigenvalue weighted by molar-refractivity contribution is 0.0697. The fourth-order valence-corrected chi connectivity index (χ4v) is 2.18. The van der Waals surface area contributed by atoms with Crippen LogP contribution in [0.2, 0.25) is 0 Å². The zero-order valence-electron chi connectivity index (χ0n) is 10.1. The van der Waals surface area contributed by atoms with Gasteiger partial charge in [0, 0.05) is 18.0 Å². The van der Waals surface area contributed by atoms with Crippen molar-refractivity contribution in [3.63, 3.8) is 0 Å². The maximum atomic E-state index is 11.2. The summed E-state index contributed by atoms with van der Waals surface area (Å²) < 4.78 is 1.49. The number of aromatic nitrogens is 3. The number of benzene rings is 1. The first-order valence-electron chi connectivity index (χ1n) is 5.64. The highest BCUT2D eigenvalue weighted by Gasteiger charge is 2.18. The molecule has 0 unspecified atom stereocenters. The Morgan fingerprint density at radius 1 is 1.42 bits per heavy atom. The summed E-state index contributed by atoms with van der Waals surface area (Å²) in [5.74, 6) is -0.884. The number of hydrogen-bond acceptors (Lipinski definition) is 3. The highest BCUT2D eigenvalue weighted by molar-refractivity contribution is 5.97. The lowest BCUT2D eigenvalue weighted by Gasteiger charge is -2.00. The number of nitrogens with one attached hydrogen (secondary N) is 1. The first-order valence-corrected chi connectivity index (χ1v) is 5.64. The number of nitrogens with zero attached hydrogens (tertiary/aromatic N) is 2. The van der Waals surface area contributed by atoms with Gasteiger partial charge in [-0.25, -0.2) is 4.79 Å². The zero-order chi connectivity index (χ0) is 13.6. The number of phenols is 1. The van der Waals surface area contributed by atoms with Crippen LogP contribution in [0.25, 0.3) is 22.3 Å². The summed E-state index contributed by atoms with van der Waals surface area (Å²) >= 11 is 0. The Morgan fingerprint density at radius 2 is 2.21 bits per heavy atom. The predicted molar refractivity (Wildman–Crippen MR) is 69.1 cm³/mol. The molecular formula is C13H11N3O3.